The van der Waals surface area contributed by atoms with E-state index in [2.05, 4.69) is 14.7 Å². The molecule has 2 aromatic heterocycles. The van der Waals surface area contributed by atoms with Crippen LogP contribution in [0.25, 0.3) is 0 Å². The van der Waals surface area contributed by atoms with Crippen molar-refractivity contribution >= 4 is 27.2 Å². The van der Waals surface area contributed by atoms with Gasteiger partial charge in [0, 0.05) is 24.6 Å². The van der Waals surface area contributed by atoms with Crippen molar-refractivity contribution in [1.29, 1.82) is 0 Å². The van der Waals surface area contributed by atoms with Gasteiger partial charge < -0.3 is 5.73 Å². The van der Waals surface area contributed by atoms with Crippen molar-refractivity contribution in [3.8, 4) is 0 Å². The maximum absolute atomic E-state index is 12.3. The highest BCUT2D eigenvalue weighted by Gasteiger charge is 2.20. The maximum Gasteiger partial charge on any atom is 0.243 e. The van der Waals surface area contributed by atoms with E-state index in [-0.39, 0.29) is 22.1 Å². The molecule has 0 atom stereocenters. The molecule has 2 heterocycles. The summed E-state index contributed by atoms with van der Waals surface area (Å²) >= 11 is 4.82. The molecule has 8 heteroatoms. The second-order valence-electron chi connectivity index (χ2n) is 4.35. The van der Waals surface area contributed by atoms with Crippen molar-refractivity contribution in [2.75, 3.05) is 0 Å². The van der Waals surface area contributed by atoms with Crippen LogP contribution in [0.5, 0.6) is 0 Å². The molecule has 0 saturated heterocycles. The predicted molar refractivity (Wildman–Crippen MR) is 83.1 cm³/mol. The van der Waals surface area contributed by atoms with Crippen molar-refractivity contribution < 1.29 is 8.42 Å². The van der Waals surface area contributed by atoms with Crippen molar-refractivity contribution in [2.24, 2.45) is 5.73 Å². The summed E-state index contributed by atoms with van der Waals surface area (Å²) in [6, 6.07) is 6.55. The largest absolute Gasteiger partial charge is 0.388 e. The van der Waals surface area contributed by atoms with Gasteiger partial charge in [-0.15, -0.1) is 0 Å². The first-order valence-electron chi connectivity index (χ1n) is 6.06. The Kier molecular flexibility index (Phi) is 4.61. The third kappa shape index (κ3) is 3.81. The van der Waals surface area contributed by atoms with Gasteiger partial charge in [-0.05, 0) is 30.7 Å². The zero-order valence-electron chi connectivity index (χ0n) is 11.3. The van der Waals surface area contributed by atoms with Gasteiger partial charge in [-0.25, -0.2) is 13.1 Å². The van der Waals surface area contributed by atoms with Gasteiger partial charge in [0.15, 0.2) is 0 Å². The highest BCUT2D eigenvalue weighted by Crippen LogP contribution is 2.13. The minimum atomic E-state index is -3.75. The lowest BCUT2D eigenvalue weighted by Gasteiger charge is -2.09. The second-order valence-corrected chi connectivity index (χ2v) is 6.52. The molecule has 0 bridgehead atoms. The molecule has 0 fully saturated rings. The summed E-state index contributed by atoms with van der Waals surface area (Å²) < 4.78 is 27.1. The number of rotatable bonds is 5. The van der Waals surface area contributed by atoms with E-state index in [4.69, 9.17) is 18.0 Å². The molecule has 2 rings (SSSR count). The molecular formula is C13H14N4O2S2. The molecule has 0 spiro atoms. The lowest BCUT2D eigenvalue weighted by atomic mass is 10.2. The third-order valence-corrected chi connectivity index (χ3v) is 4.36. The minimum Gasteiger partial charge on any atom is -0.388 e. The Balaban J connectivity index is 2.23. The average Bonchev–Trinajstić information content (AvgIpc) is 2.47. The van der Waals surface area contributed by atoms with Crippen LogP contribution in [0.3, 0.4) is 0 Å². The molecule has 6 nitrogen and oxygen atoms in total. The first-order chi connectivity index (χ1) is 9.90. The monoisotopic (exact) mass is 322 g/mol. The highest BCUT2D eigenvalue weighted by atomic mass is 32.2. The van der Waals surface area contributed by atoms with Crippen molar-refractivity contribution in [2.45, 2.75) is 18.4 Å². The third-order valence-electron chi connectivity index (χ3n) is 2.73. The number of hydrogen-bond donors (Lipinski definition) is 2. The summed E-state index contributed by atoms with van der Waals surface area (Å²) in [4.78, 5) is 7.93. The topological polar surface area (TPSA) is 98.0 Å². The highest BCUT2D eigenvalue weighted by molar-refractivity contribution is 7.89. The van der Waals surface area contributed by atoms with Crippen LogP contribution in [-0.4, -0.2) is 23.4 Å². The van der Waals surface area contributed by atoms with Crippen LogP contribution in [0.2, 0.25) is 0 Å². The normalized spacial score (nSPS) is 11.3. The van der Waals surface area contributed by atoms with Crippen LogP contribution in [-0.2, 0) is 16.6 Å². The zero-order chi connectivity index (χ0) is 15.5. The smallest absolute Gasteiger partial charge is 0.243 e. The van der Waals surface area contributed by atoms with Gasteiger partial charge in [-0.2, -0.15) is 0 Å². The zero-order valence-corrected chi connectivity index (χ0v) is 12.9. The maximum atomic E-state index is 12.3. The number of aryl methyl sites for hydroxylation is 1. The van der Waals surface area contributed by atoms with E-state index in [0.717, 1.165) is 11.3 Å². The Hall–Kier alpha value is -1.90. The molecule has 3 N–H and O–H groups in total. The Morgan fingerprint density at radius 1 is 1.33 bits per heavy atom. The summed E-state index contributed by atoms with van der Waals surface area (Å²) in [6.45, 7) is 1.99. The van der Waals surface area contributed by atoms with Gasteiger partial charge >= 0.3 is 0 Å². The summed E-state index contributed by atoms with van der Waals surface area (Å²) in [5, 5.41) is 0. The van der Waals surface area contributed by atoms with Crippen molar-refractivity contribution in [1.82, 2.24) is 14.7 Å². The Morgan fingerprint density at radius 3 is 2.71 bits per heavy atom. The fourth-order valence-electron chi connectivity index (χ4n) is 1.65. The molecule has 0 aromatic carbocycles. The number of thiocarbonyl (C=S) groups is 1. The Morgan fingerprint density at radius 2 is 2.10 bits per heavy atom. The Labute approximate surface area is 128 Å². The number of pyridine rings is 2. The number of nitrogens with one attached hydrogen (secondary N) is 1. The average molecular weight is 322 g/mol. The lowest BCUT2D eigenvalue weighted by Crippen LogP contribution is -2.27. The molecule has 0 aliphatic heterocycles. The summed E-state index contributed by atoms with van der Waals surface area (Å²) in [7, 11) is -3.75. The van der Waals surface area contributed by atoms with E-state index in [1.165, 1.54) is 18.3 Å². The van der Waals surface area contributed by atoms with Crippen LogP contribution in [0.1, 0.15) is 17.0 Å². The molecule has 0 unspecified atom stereocenters. The van der Waals surface area contributed by atoms with E-state index in [1.54, 1.807) is 6.20 Å². The molecule has 21 heavy (non-hydrogen) atoms. The molecule has 2 aromatic rings. The second kappa shape index (κ2) is 6.25. The summed E-state index contributed by atoms with van der Waals surface area (Å²) in [5.41, 5.74) is 7.21. The molecule has 0 radical (unpaired) electrons. The number of nitrogens with zero attached hydrogens (tertiary/aromatic N) is 2. The molecular weight excluding hydrogens is 308 g/mol. The SMILES string of the molecule is Cc1ccc(CNS(=O)(=O)c2cccnc2C(N)=S)cn1. The fraction of sp³-hybridized carbons (Fsp3) is 0.154. The van der Waals surface area contributed by atoms with Gasteiger partial charge in [-0.3, -0.25) is 9.97 Å². The summed E-state index contributed by atoms with van der Waals surface area (Å²) in [5.74, 6) is 0. The van der Waals surface area contributed by atoms with Gasteiger partial charge in [0.1, 0.15) is 15.6 Å². The van der Waals surface area contributed by atoms with Crippen LogP contribution in [0.15, 0.2) is 41.6 Å². The van der Waals surface area contributed by atoms with Gasteiger partial charge in [-0.1, -0.05) is 18.3 Å². The molecule has 0 amide bonds. The minimum absolute atomic E-state index is 0.0300. The van der Waals surface area contributed by atoms with Crippen molar-refractivity contribution in [3.05, 3.63) is 53.6 Å². The number of sulfonamides is 1. The van der Waals surface area contributed by atoms with E-state index < -0.39 is 10.0 Å². The van der Waals surface area contributed by atoms with Crippen LogP contribution in [0.4, 0.5) is 0 Å². The quantitative estimate of drug-likeness (QED) is 0.794. The van der Waals surface area contributed by atoms with E-state index in [9.17, 15) is 8.42 Å². The van der Waals surface area contributed by atoms with Crippen LogP contribution >= 0.6 is 12.2 Å². The fourth-order valence-corrected chi connectivity index (χ4v) is 3.07. The lowest BCUT2D eigenvalue weighted by molar-refractivity contribution is 0.580. The summed E-state index contributed by atoms with van der Waals surface area (Å²) in [6.07, 6.45) is 3.06. The van der Waals surface area contributed by atoms with E-state index >= 15 is 0 Å². The molecule has 0 saturated carbocycles. The molecule has 0 aliphatic carbocycles. The van der Waals surface area contributed by atoms with Gasteiger partial charge in [0.25, 0.3) is 0 Å². The van der Waals surface area contributed by atoms with Crippen molar-refractivity contribution in [3.63, 3.8) is 0 Å². The number of nitrogens with two attached hydrogens (primary N) is 1. The first-order valence-corrected chi connectivity index (χ1v) is 7.95. The van der Waals surface area contributed by atoms with Gasteiger partial charge in [0.2, 0.25) is 10.0 Å². The molecule has 110 valence electrons. The standard InChI is InChI=1S/C13H14N4O2S2/c1-9-4-5-10(7-16-9)8-17-21(18,19)11-3-2-6-15-12(11)13(14)20/h2-7,17H,8H2,1H3,(H2,14,20). The van der Waals surface area contributed by atoms with Crippen LogP contribution < -0.4 is 10.5 Å². The van der Waals surface area contributed by atoms with Crippen LogP contribution in [0, 0.1) is 6.92 Å². The number of hydrogen-bond acceptors (Lipinski definition) is 5. The predicted octanol–water partition coefficient (Wildman–Crippen LogP) is 0.898. The molecule has 0 aliphatic rings. The first kappa shape index (κ1) is 15.5. The number of aromatic nitrogens is 2. The van der Waals surface area contributed by atoms with E-state index in [1.807, 2.05) is 19.1 Å². The van der Waals surface area contributed by atoms with Gasteiger partial charge in [0.05, 0.1) is 0 Å². The Bertz CT molecular complexity index is 758. The van der Waals surface area contributed by atoms with E-state index in [0.29, 0.717) is 0 Å².